The van der Waals surface area contributed by atoms with E-state index in [-0.39, 0.29) is 30.3 Å². The van der Waals surface area contributed by atoms with E-state index in [1.165, 1.54) is 49.3 Å². The lowest BCUT2D eigenvalue weighted by Gasteiger charge is -2.34. The van der Waals surface area contributed by atoms with Gasteiger partial charge in [0.2, 0.25) is 11.8 Å². The second kappa shape index (κ2) is 13.5. The van der Waals surface area contributed by atoms with E-state index < -0.39 is 46.2 Å². The van der Waals surface area contributed by atoms with Crippen LogP contribution in [-0.2, 0) is 32.8 Å². The molecule has 1 N–H and O–H groups in total. The fraction of sp³-hybridized carbons (Fsp3) is 0.310. The fourth-order valence-corrected chi connectivity index (χ4v) is 5.12. The molecule has 0 saturated carbocycles. The summed E-state index contributed by atoms with van der Waals surface area (Å²) in [5.74, 6) is -2.35. The van der Waals surface area contributed by atoms with Gasteiger partial charge in [-0.3, -0.25) is 9.59 Å². The highest BCUT2D eigenvalue weighted by Gasteiger charge is 2.35. The van der Waals surface area contributed by atoms with Crippen molar-refractivity contribution >= 4 is 27.7 Å². The van der Waals surface area contributed by atoms with Crippen LogP contribution in [-0.4, -0.2) is 62.2 Å². The Kier molecular flexibility index (Phi) is 10.4. The predicted molar refractivity (Wildman–Crippen MR) is 151 cm³/mol. The zero-order valence-electron chi connectivity index (χ0n) is 22.9. The van der Waals surface area contributed by atoms with Gasteiger partial charge in [-0.15, -0.1) is 0 Å². The van der Waals surface area contributed by atoms with Gasteiger partial charge in [0.25, 0.3) is 0 Å². The van der Waals surface area contributed by atoms with Crippen LogP contribution in [0.25, 0.3) is 0 Å². The summed E-state index contributed by atoms with van der Waals surface area (Å²) in [7, 11) is -1.60. The minimum absolute atomic E-state index is 0.0560. The van der Waals surface area contributed by atoms with Gasteiger partial charge in [0.1, 0.15) is 24.2 Å². The van der Waals surface area contributed by atoms with Gasteiger partial charge in [0, 0.05) is 38.7 Å². The molecule has 3 aromatic rings. The Morgan fingerprint density at radius 2 is 1.48 bits per heavy atom. The molecule has 8 nitrogen and oxygen atoms in total. The van der Waals surface area contributed by atoms with Crippen LogP contribution in [0.1, 0.15) is 25.0 Å². The Labute approximate surface area is 234 Å². The number of hydrogen-bond acceptors (Lipinski definition) is 4. The van der Waals surface area contributed by atoms with Crippen LogP contribution in [0.2, 0.25) is 0 Å². The first-order valence-electron chi connectivity index (χ1n) is 12.7. The Hall–Kier alpha value is -3.83. The molecule has 1 atom stereocenters. The molecule has 3 aromatic carbocycles. The fourth-order valence-electron chi connectivity index (χ4n) is 4.07. The molecular formula is C29H34F2N4O4S. The van der Waals surface area contributed by atoms with Gasteiger partial charge in [-0.05, 0) is 49.7 Å². The van der Waals surface area contributed by atoms with Crippen molar-refractivity contribution in [3.05, 3.63) is 102 Å². The van der Waals surface area contributed by atoms with Gasteiger partial charge in [0.15, 0.2) is 0 Å². The molecule has 40 heavy (non-hydrogen) atoms. The lowest BCUT2D eigenvalue weighted by atomic mass is 10.0. The number of rotatable bonds is 12. The monoisotopic (exact) mass is 572 g/mol. The van der Waals surface area contributed by atoms with Gasteiger partial charge in [0.05, 0.1) is 5.69 Å². The van der Waals surface area contributed by atoms with Gasteiger partial charge >= 0.3 is 10.2 Å². The van der Waals surface area contributed by atoms with Gasteiger partial charge in [-0.1, -0.05) is 48.5 Å². The maximum atomic E-state index is 14.8. The molecule has 0 unspecified atom stereocenters. The Morgan fingerprint density at radius 3 is 2.05 bits per heavy atom. The topological polar surface area (TPSA) is 90.0 Å². The van der Waals surface area contributed by atoms with Crippen molar-refractivity contribution in [2.24, 2.45) is 0 Å². The first-order chi connectivity index (χ1) is 18.9. The van der Waals surface area contributed by atoms with E-state index >= 15 is 0 Å². The summed E-state index contributed by atoms with van der Waals surface area (Å²) in [4.78, 5) is 28.7. The van der Waals surface area contributed by atoms with Crippen LogP contribution in [0.3, 0.4) is 0 Å². The molecule has 0 fully saturated rings. The number of nitrogens with one attached hydrogen (secondary N) is 1. The average Bonchev–Trinajstić information content (AvgIpc) is 2.90. The number of carbonyl (C=O) groups is 2. The normalized spacial score (nSPS) is 12.3. The van der Waals surface area contributed by atoms with E-state index in [9.17, 15) is 26.8 Å². The first-order valence-corrected chi connectivity index (χ1v) is 14.1. The van der Waals surface area contributed by atoms with Gasteiger partial charge in [-0.2, -0.15) is 12.7 Å². The lowest BCUT2D eigenvalue weighted by molar-refractivity contribution is -0.140. The SMILES string of the molecule is CC(C)NC(=O)[C@H](Cc1ccccc1)N(Cc1ccccc1F)C(=O)CN(c1ccc(F)cc1)S(=O)(=O)N(C)C. The number of nitrogens with zero attached hydrogens (tertiary/aromatic N) is 3. The van der Waals surface area contributed by atoms with Crippen LogP contribution in [0, 0.1) is 11.6 Å². The molecule has 0 saturated heterocycles. The third-order valence-corrected chi connectivity index (χ3v) is 7.95. The molecule has 0 radical (unpaired) electrons. The molecule has 11 heteroatoms. The van der Waals surface area contributed by atoms with Gasteiger partial charge < -0.3 is 10.2 Å². The average molecular weight is 573 g/mol. The van der Waals surface area contributed by atoms with E-state index in [0.29, 0.717) is 0 Å². The molecule has 0 aliphatic heterocycles. The van der Waals surface area contributed by atoms with Crippen molar-refractivity contribution in [3.63, 3.8) is 0 Å². The summed E-state index contributed by atoms with van der Waals surface area (Å²) in [6, 6.07) is 18.3. The third kappa shape index (κ3) is 7.86. The largest absolute Gasteiger partial charge is 0.352 e. The highest BCUT2D eigenvalue weighted by atomic mass is 32.2. The van der Waals surface area contributed by atoms with E-state index in [2.05, 4.69) is 5.32 Å². The van der Waals surface area contributed by atoms with Crippen LogP contribution in [0.4, 0.5) is 14.5 Å². The van der Waals surface area contributed by atoms with Crippen molar-refractivity contribution in [1.29, 1.82) is 0 Å². The van der Waals surface area contributed by atoms with Gasteiger partial charge in [-0.25, -0.2) is 13.1 Å². The van der Waals surface area contributed by atoms with Crippen molar-refractivity contribution in [2.75, 3.05) is 24.9 Å². The highest BCUT2D eigenvalue weighted by molar-refractivity contribution is 7.90. The minimum atomic E-state index is -4.22. The smallest absolute Gasteiger partial charge is 0.304 e. The van der Waals surface area contributed by atoms with Crippen LogP contribution < -0.4 is 9.62 Å². The highest BCUT2D eigenvalue weighted by Crippen LogP contribution is 2.22. The predicted octanol–water partition coefficient (Wildman–Crippen LogP) is 3.74. The quantitative estimate of drug-likeness (QED) is 0.358. The van der Waals surface area contributed by atoms with E-state index in [1.54, 1.807) is 32.0 Å². The van der Waals surface area contributed by atoms with E-state index in [0.717, 1.165) is 26.3 Å². The summed E-state index contributed by atoms with van der Waals surface area (Å²) in [5, 5.41) is 2.83. The maximum absolute atomic E-state index is 14.8. The molecular weight excluding hydrogens is 538 g/mol. The molecule has 0 aliphatic carbocycles. The molecule has 214 valence electrons. The molecule has 0 aromatic heterocycles. The number of amides is 2. The van der Waals surface area contributed by atoms with Crippen LogP contribution in [0.5, 0.6) is 0 Å². The van der Waals surface area contributed by atoms with Crippen LogP contribution in [0.15, 0.2) is 78.9 Å². The van der Waals surface area contributed by atoms with Crippen molar-refractivity contribution in [1.82, 2.24) is 14.5 Å². The number of halogens is 2. The number of benzene rings is 3. The summed E-state index contributed by atoms with van der Waals surface area (Å²) in [6.45, 7) is 2.56. The summed E-state index contributed by atoms with van der Waals surface area (Å²) in [6.07, 6.45) is 0.108. The number of anilines is 1. The third-order valence-electron chi connectivity index (χ3n) is 6.13. The molecule has 0 heterocycles. The standard InChI is InChI=1S/C29H34F2N4O4S/c1-21(2)32-29(37)27(18-22-10-6-5-7-11-22)34(19-23-12-8-9-13-26(23)31)28(36)20-35(40(38,39)33(3)4)25-16-14-24(30)15-17-25/h5-17,21,27H,18-20H2,1-4H3,(H,32,37)/t27-/m0/s1. The van der Waals surface area contributed by atoms with Crippen molar-refractivity contribution < 1.29 is 26.8 Å². The molecule has 0 aliphatic rings. The maximum Gasteiger partial charge on any atom is 0.304 e. The van der Waals surface area contributed by atoms with E-state index in [1.807, 2.05) is 18.2 Å². The zero-order valence-corrected chi connectivity index (χ0v) is 23.7. The molecule has 0 bridgehead atoms. The van der Waals surface area contributed by atoms with Crippen LogP contribution >= 0.6 is 0 Å². The second-order valence-corrected chi connectivity index (χ2v) is 11.8. The molecule has 2 amide bonds. The van der Waals surface area contributed by atoms with Crippen molar-refractivity contribution in [3.8, 4) is 0 Å². The first kappa shape index (κ1) is 30.7. The summed E-state index contributed by atoms with van der Waals surface area (Å²) >= 11 is 0. The Balaban J connectivity index is 2.10. The minimum Gasteiger partial charge on any atom is -0.352 e. The van der Waals surface area contributed by atoms with E-state index in [4.69, 9.17) is 0 Å². The number of hydrogen-bond donors (Lipinski definition) is 1. The summed E-state index contributed by atoms with van der Waals surface area (Å²) < 4.78 is 56.8. The number of carbonyl (C=O) groups excluding carboxylic acids is 2. The lowest BCUT2D eigenvalue weighted by Crippen LogP contribution is -2.55. The zero-order chi connectivity index (χ0) is 29.4. The summed E-state index contributed by atoms with van der Waals surface area (Å²) in [5.41, 5.74) is 0.977. The Bertz CT molecular complexity index is 1400. The molecule has 0 spiro atoms. The molecule has 3 rings (SSSR count). The van der Waals surface area contributed by atoms with Crippen molar-refractivity contribution in [2.45, 2.75) is 38.9 Å². The second-order valence-electron chi connectivity index (χ2n) is 9.76. The Morgan fingerprint density at radius 1 is 0.875 bits per heavy atom.